The van der Waals surface area contributed by atoms with E-state index in [1.165, 1.54) is 22.4 Å². The predicted molar refractivity (Wildman–Crippen MR) is 109 cm³/mol. The Morgan fingerprint density at radius 2 is 1.73 bits per heavy atom. The number of nitrogens with one attached hydrogen (secondary N) is 1. The largest absolute Gasteiger partial charge is 1.00 e. The second-order valence-electron chi connectivity index (χ2n) is 6.23. The van der Waals surface area contributed by atoms with Gasteiger partial charge in [0.1, 0.15) is 17.9 Å². The van der Waals surface area contributed by atoms with Crippen LogP contribution in [0.25, 0.3) is 11.3 Å². The molecule has 0 atom stereocenters. The normalized spacial score (nSPS) is 10.3. The van der Waals surface area contributed by atoms with Gasteiger partial charge in [0.25, 0.3) is 0 Å². The first-order chi connectivity index (χ1) is 12.0. The summed E-state index contributed by atoms with van der Waals surface area (Å²) in [6.07, 6.45) is 1.92. The molecule has 0 saturated heterocycles. The van der Waals surface area contributed by atoms with Crippen molar-refractivity contribution in [2.45, 2.75) is 27.3 Å². The van der Waals surface area contributed by atoms with Crippen molar-refractivity contribution in [3.8, 4) is 11.3 Å². The minimum Gasteiger partial charge on any atom is -1.00 e. The Balaban J connectivity index is 0.00000243. The fourth-order valence-corrected chi connectivity index (χ4v) is 4.16. The molecule has 0 aliphatic heterocycles. The first-order valence-corrected chi connectivity index (χ1v) is 9.48. The van der Waals surface area contributed by atoms with Crippen molar-refractivity contribution in [3.63, 3.8) is 0 Å². The van der Waals surface area contributed by atoms with Gasteiger partial charge < -0.3 is 17.0 Å². The average Bonchev–Trinajstić information content (AvgIpc) is 2.95. The number of anilines is 2. The summed E-state index contributed by atoms with van der Waals surface area (Å²) in [4.78, 5) is 0. The van der Waals surface area contributed by atoms with E-state index in [4.69, 9.17) is 11.6 Å². The molecular formula is C21H22BrClN2S. The number of halogens is 2. The van der Waals surface area contributed by atoms with Crippen LogP contribution < -0.4 is 26.9 Å². The fourth-order valence-electron chi connectivity index (χ4n) is 3.08. The molecule has 3 rings (SSSR count). The van der Waals surface area contributed by atoms with Gasteiger partial charge >= 0.3 is 5.13 Å². The number of allylic oxidation sites excluding steroid dienone is 1. The summed E-state index contributed by atoms with van der Waals surface area (Å²) in [6, 6.07) is 12.4. The molecule has 0 fully saturated rings. The quantitative estimate of drug-likeness (QED) is 0.467. The Morgan fingerprint density at radius 1 is 1.12 bits per heavy atom. The summed E-state index contributed by atoms with van der Waals surface area (Å²) in [6.45, 7) is 11.1. The van der Waals surface area contributed by atoms with Gasteiger partial charge in [-0.1, -0.05) is 53.3 Å². The second-order valence-corrected chi connectivity index (χ2v) is 7.53. The number of aryl methyl sites for hydroxylation is 3. The van der Waals surface area contributed by atoms with Crippen LogP contribution in [0.15, 0.2) is 54.4 Å². The predicted octanol–water partition coefficient (Wildman–Crippen LogP) is 3.21. The van der Waals surface area contributed by atoms with Crippen molar-refractivity contribution >= 4 is 33.8 Å². The molecule has 0 saturated carbocycles. The van der Waals surface area contributed by atoms with Crippen LogP contribution >= 0.6 is 22.9 Å². The number of hydrogen-bond donors (Lipinski definition) is 1. The van der Waals surface area contributed by atoms with E-state index in [-0.39, 0.29) is 17.0 Å². The number of nitrogens with zero attached hydrogens (tertiary/aromatic N) is 1. The monoisotopic (exact) mass is 448 g/mol. The molecule has 1 N–H and O–H groups in total. The van der Waals surface area contributed by atoms with E-state index in [2.05, 4.69) is 66.9 Å². The molecule has 0 radical (unpaired) electrons. The van der Waals surface area contributed by atoms with E-state index >= 15 is 0 Å². The topological polar surface area (TPSA) is 15.9 Å². The molecule has 0 unspecified atom stereocenters. The molecule has 0 spiro atoms. The van der Waals surface area contributed by atoms with Crippen LogP contribution in [0, 0.1) is 20.8 Å². The lowest BCUT2D eigenvalue weighted by atomic mass is 10.1. The zero-order chi connectivity index (χ0) is 18.0. The van der Waals surface area contributed by atoms with E-state index in [1.807, 2.05) is 18.2 Å². The minimum absolute atomic E-state index is 0. The lowest BCUT2D eigenvalue weighted by Gasteiger charge is -2.09. The van der Waals surface area contributed by atoms with Crippen molar-refractivity contribution < 1.29 is 21.5 Å². The molecule has 136 valence electrons. The second kappa shape index (κ2) is 8.85. The lowest BCUT2D eigenvalue weighted by Crippen LogP contribution is -3.00. The van der Waals surface area contributed by atoms with Crippen LogP contribution in [-0.2, 0) is 6.54 Å². The van der Waals surface area contributed by atoms with Gasteiger partial charge in [-0.25, -0.2) is 9.88 Å². The zero-order valence-corrected chi connectivity index (χ0v) is 18.3. The van der Waals surface area contributed by atoms with Crippen LogP contribution in [0.5, 0.6) is 0 Å². The zero-order valence-electron chi connectivity index (χ0n) is 15.1. The molecule has 0 amide bonds. The van der Waals surface area contributed by atoms with Gasteiger partial charge in [-0.2, -0.15) is 0 Å². The van der Waals surface area contributed by atoms with Crippen molar-refractivity contribution in [1.29, 1.82) is 0 Å². The van der Waals surface area contributed by atoms with Gasteiger partial charge in [0.2, 0.25) is 0 Å². The summed E-state index contributed by atoms with van der Waals surface area (Å²) < 4.78 is 2.25. The van der Waals surface area contributed by atoms with E-state index < -0.39 is 0 Å². The maximum absolute atomic E-state index is 6.03. The number of benzene rings is 2. The van der Waals surface area contributed by atoms with Crippen molar-refractivity contribution in [3.05, 3.63) is 76.1 Å². The van der Waals surface area contributed by atoms with E-state index in [0.29, 0.717) is 0 Å². The van der Waals surface area contributed by atoms with E-state index in [1.54, 1.807) is 11.3 Å². The van der Waals surface area contributed by atoms with Gasteiger partial charge in [0.05, 0.1) is 0 Å². The third-order valence-corrected chi connectivity index (χ3v) is 5.32. The van der Waals surface area contributed by atoms with Crippen LogP contribution in [0.3, 0.4) is 0 Å². The summed E-state index contributed by atoms with van der Waals surface area (Å²) in [5, 5.41) is 7.65. The SMILES string of the molecule is C=CC[n+]1c(-c2ccc(Cl)cc2)csc1Nc1c(C)cc(C)cc1C.[Br-]. The lowest BCUT2D eigenvalue weighted by molar-refractivity contribution is -0.657. The number of rotatable bonds is 5. The Morgan fingerprint density at radius 3 is 2.31 bits per heavy atom. The molecule has 1 aromatic heterocycles. The first kappa shape index (κ1) is 20.7. The molecule has 2 nitrogen and oxygen atoms in total. The molecule has 2 aromatic carbocycles. The van der Waals surface area contributed by atoms with Crippen LogP contribution in [-0.4, -0.2) is 0 Å². The summed E-state index contributed by atoms with van der Waals surface area (Å²) in [7, 11) is 0. The Labute approximate surface area is 174 Å². The molecule has 0 bridgehead atoms. The van der Waals surface area contributed by atoms with E-state index in [9.17, 15) is 0 Å². The molecule has 1 heterocycles. The first-order valence-electron chi connectivity index (χ1n) is 8.22. The average molecular weight is 450 g/mol. The van der Waals surface area contributed by atoms with Crippen molar-refractivity contribution in [2.24, 2.45) is 0 Å². The Kier molecular flexibility index (Phi) is 7.04. The summed E-state index contributed by atoms with van der Waals surface area (Å²) in [5.74, 6) is 0. The smallest absolute Gasteiger partial charge is 0.339 e. The van der Waals surface area contributed by atoms with Gasteiger partial charge in [-0.3, -0.25) is 0 Å². The number of thiazole rings is 1. The highest BCUT2D eigenvalue weighted by atomic mass is 79.9. The van der Waals surface area contributed by atoms with E-state index in [0.717, 1.165) is 28.0 Å². The number of hydrogen-bond acceptors (Lipinski definition) is 2. The van der Waals surface area contributed by atoms with Gasteiger partial charge in [-0.05, 0) is 56.2 Å². The molecular weight excluding hydrogens is 428 g/mol. The van der Waals surface area contributed by atoms with Crippen molar-refractivity contribution in [1.82, 2.24) is 0 Å². The Bertz CT molecular complexity index is 893. The highest BCUT2D eigenvalue weighted by Crippen LogP contribution is 2.30. The highest BCUT2D eigenvalue weighted by molar-refractivity contribution is 7.13. The van der Waals surface area contributed by atoms with Gasteiger partial charge in [-0.15, -0.1) is 0 Å². The maximum Gasteiger partial charge on any atom is 0.339 e. The third-order valence-electron chi connectivity index (χ3n) is 4.18. The summed E-state index contributed by atoms with van der Waals surface area (Å²) >= 11 is 7.73. The molecule has 3 aromatic rings. The highest BCUT2D eigenvalue weighted by Gasteiger charge is 2.20. The van der Waals surface area contributed by atoms with Crippen molar-refractivity contribution in [2.75, 3.05) is 5.32 Å². The number of aromatic nitrogens is 1. The third kappa shape index (κ3) is 4.37. The van der Waals surface area contributed by atoms with Crippen LogP contribution in [0.4, 0.5) is 10.8 Å². The molecule has 26 heavy (non-hydrogen) atoms. The van der Waals surface area contributed by atoms with Gasteiger partial charge in [0, 0.05) is 16.0 Å². The molecule has 0 aliphatic carbocycles. The standard InChI is InChI=1S/C21H21ClN2S.BrH/c1-5-10-24-19(17-6-8-18(22)9-7-17)13-25-21(24)23-20-15(3)11-14(2)12-16(20)4;/h5-9,11-13H,1,10H2,2-4H3;1H. The molecule has 5 heteroatoms. The minimum atomic E-state index is 0. The Hall–Kier alpha value is -1.62. The maximum atomic E-state index is 6.03. The van der Waals surface area contributed by atoms with Crippen LogP contribution in [0.1, 0.15) is 16.7 Å². The summed E-state index contributed by atoms with van der Waals surface area (Å²) in [5.41, 5.74) is 7.27. The van der Waals surface area contributed by atoms with Gasteiger partial charge in [0.15, 0.2) is 0 Å². The molecule has 0 aliphatic rings. The fraction of sp³-hybridized carbons (Fsp3) is 0.190. The van der Waals surface area contributed by atoms with Crippen LogP contribution in [0.2, 0.25) is 5.02 Å².